The maximum atomic E-state index is 11.5. The zero-order valence-electron chi connectivity index (χ0n) is 9.24. The van der Waals surface area contributed by atoms with Gasteiger partial charge in [0.15, 0.2) is 14.6 Å². The first-order valence-corrected chi connectivity index (χ1v) is 6.49. The third-order valence-electron chi connectivity index (χ3n) is 2.27. The number of ether oxygens (including phenoxy) is 1. The lowest BCUT2D eigenvalue weighted by atomic mass is 10.1. The number of carbonyl (C=O) groups is 1. The predicted molar refractivity (Wildman–Crippen MR) is 57.9 cm³/mol. The Labute approximate surface area is 90.9 Å². The Morgan fingerprint density at radius 3 is 2.40 bits per heavy atom. The third kappa shape index (κ3) is 3.24. The predicted octanol–water partition coefficient (Wildman–Crippen LogP) is 0.766. The van der Waals surface area contributed by atoms with Crippen LogP contribution in [0.15, 0.2) is 0 Å². The largest absolute Gasteiger partial charge is 0.465 e. The molecule has 0 unspecified atom stereocenters. The molecule has 4 nitrogen and oxygen atoms in total. The molecule has 0 aromatic carbocycles. The molecule has 15 heavy (non-hydrogen) atoms. The van der Waals surface area contributed by atoms with Crippen LogP contribution in [0.2, 0.25) is 0 Å². The maximum Gasteiger partial charge on any atom is 0.327 e. The summed E-state index contributed by atoms with van der Waals surface area (Å²) in [5.41, 5.74) is 0. The van der Waals surface area contributed by atoms with Gasteiger partial charge in [-0.25, -0.2) is 8.42 Å². The smallest absolute Gasteiger partial charge is 0.327 e. The minimum Gasteiger partial charge on any atom is -0.465 e. The average molecular weight is 232 g/mol. The summed E-state index contributed by atoms with van der Waals surface area (Å²) in [4.78, 5) is 11.5. The van der Waals surface area contributed by atoms with E-state index in [0.29, 0.717) is 0 Å². The molecule has 0 bridgehead atoms. The molecule has 0 saturated carbocycles. The van der Waals surface area contributed by atoms with E-state index in [1.807, 2.05) is 0 Å². The number of esters is 1. The Morgan fingerprint density at radius 2 is 2.07 bits per heavy atom. The lowest BCUT2D eigenvalue weighted by Gasteiger charge is -2.24. The van der Waals surface area contributed by atoms with Gasteiger partial charge in [0, 0.05) is 12.7 Å². The molecule has 0 aromatic heterocycles. The minimum absolute atomic E-state index is 0.0845. The molecule has 0 fully saturated rings. The van der Waals surface area contributed by atoms with Gasteiger partial charge in [0.05, 0.1) is 6.61 Å². The molecule has 0 aliphatic carbocycles. The van der Waals surface area contributed by atoms with Crippen LogP contribution >= 0.6 is 0 Å². The second-order valence-corrected chi connectivity index (χ2v) is 5.87. The molecular formula is C10H16O4S. The third-order valence-corrected chi connectivity index (χ3v) is 4.28. The van der Waals surface area contributed by atoms with E-state index >= 15 is 0 Å². The van der Waals surface area contributed by atoms with E-state index in [2.05, 4.69) is 5.92 Å². The number of sulfone groups is 1. The highest BCUT2D eigenvalue weighted by molar-refractivity contribution is 7.92. The molecule has 0 aromatic rings. The molecule has 0 saturated heterocycles. The van der Waals surface area contributed by atoms with Gasteiger partial charge in [0.2, 0.25) is 0 Å². The first-order valence-electron chi connectivity index (χ1n) is 4.60. The van der Waals surface area contributed by atoms with Gasteiger partial charge in [-0.2, -0.15) is 0 Å². The van der Waals surface area contributed by atoms with Crippen molar-refractivity contribution in [2.24, 2.45) is 0 Å². The minimum atomic E-state index is -3.53. The second-order valence-electron chi connectivity index (χ2n) is 3.43. The van der Waals surface area contributed by atoms with Gasteiger partial charge in [-0.05, 0) is 20.3 Å². The normalized spacial score (nSPS) is 15.1. The second kappa shape index (κ2) is 5.17. The highest BCUT2D eigenvalue weighted by Crippen LogP contribution is 2.24. The Kier molecular flexibility index (Phi) is 4.82. The fraction of sp³-hybridized carbons (Fsp3) is 0.700. The summed E-state index contributed by atoms with van der Waals surface area (Å²) in [6.07, 6.45) is 6.38. The van der Waals surface area contributed by atoms with E-state index in [1.54, 1.807) is 6.92 Å². The molecule has 1 atom stereocenters. The van der Waals surface area contributed by atoms with Crippen molar-refractivity contribution in [3.8, 4) is 12.3 Å². The summed E-state index contributed by atoms with van der Waals surface area (Å²) in [6, 6.07) is 0. The van der Waals surface area contributed by atoms with Crippen LogP contribution in [0.1, 0.15) is 26.7 Å². The van der Waals surface area contributed by atoms with E-state index in [4.69, 9.17) is 11.2 Å². The van der Waals surface area contributed by atoms with Crippen molar-refractivity contribution >= 4 is 15.8 Å². The monoisotopic (exact) mass is 232 g/mol. The topological polar surface area (TPSA) is 60.4 Å². The standard InChI is InChI=1S/C10H16O4S/c1-5-7-8-10(3,15(4,12)13)9(11)14-6-2/h1H,6-8H2,2-4H3/t10-/m1/s1. The van der Waals surface area contributed by atoms with Gasteiger partial charge in [-0.1, -0.05) is 0 Å². The van der Waals surface area contributed by atoms with E-state index in [-0.39, 0.29) is 19.4 Å². The molecule has 0 aliphatic heterocycles. The Morgan fingerprint density at radius 1 is 1.53 bits per heavy atom. The van der Waals surface area contributed by atoms with Crippen molar-refractivity contribution in [3.63, 3.8) is 0 Å². The van der Waals surface area contributed by atoms with Crippen LogP contribution < -0.4 is 0 Å². The molecule has 86 valence electrons. The molecule has 0 aliphatic rings. The van der Waals surface area contributed by atoms with Crippen LogP contribution in [0.5, 0.6) is 0 Å². The van der Waals surface area contributed by atoms with Gasteiger partial charge in [-0.15, -0.1) is 12.3 Å². The number of terminal acetylenes is 1. The fourth-order valence-corrected chi connectivity index (χ4v) is 1.87. The molecule has 0 radical (unpaired) electrons. The fourth-order valence-electron chi connectivity index (χ4n) is 1.03. The molecule has 0 heterocycles. The number of carbonyl (C=O) groups excluding carboxylic acids is 1. The van der Waals surface area contributed by atoms with E-state index in [9.17, 15) is 13.2 Å². The van der Waals surface area contributed by atoms with Gasteiger partial charge >= 0.3 is 5.97 Å². The highest BCUT2D eigenvalue weighted by Gasteiger charge is 2.44. The lowest BCUT2D eigenvalue weighted by molar-refractivity contribution is -0.146. The highest BCUT2D eigenvalue weighted by atomic mass is 32.2. The van der Waals surface area contributed by atoms with Crippen molar-refractivity contribution < 1.29 is 17.9 Å². The van der Waals surface area contributed by atoms with Gasteiger partial charge in [-0.3, -0.25) is 4.79 Å². The molecule has 0 amide bonds. The van der Waals surface area contributed by atoms with Crippen molar-refractivity contribution in [1.82, 2.24) is 0 Å². The van der Waals surface area contributed by atoms with Crippen LogP contribution in [-0.2, 0) is 19.4 Å². The molecular weight excluding hydrogens is 216 g/mol. The number of hydrogen-bond donors (Lipinski definition) is 0. The first-order chi connectivity index (χ1) is 6.79. The first kappa shape index (κ1) is 14.0. The summed E-state index contributed by atoms with van der Waals surface area (Å²) in [6.45, 7) is 3.12. The van der Waals surface area contributed by atoms with Crippen molar-refractivity contribution in [3.05, 3.63) is 0 Å². The van der Waals surface area contributed by atoms with Crippen molar-refractivity contribution in [2.45, 2.75) is 31.4 Å². The zero-order chi connectivity index (χ0) is 12.1. The Bertz CT molecular complexity index is 363. The summed E-state index contributed by atoms with van der Waals surface area (Å²) < 4.78 is 26.2. The van der Waals surface area contributed by atoms with E-state index in [0.717, 1.165) is 6.26 Å². The summed E-state index contributed by atoms with van der Waals surface area (Å²) in [5.74, 6) is 1.59. The van der Waals surface area contributed by atoms with Crippen LogP contribution in [0, 0.1) is 12.3 Å². The summed E-state index contributed by atoms with van der Waals surface area (Å²) >= 11 is 0. The molecule has 5 heteroatoms. The summed E-state index contributed by atoms with van der Waals surface area (Å²) in [5, 5.41) is 0. The SMILES string of the molecule is C#CCC[C@](C)(C(=O)OCC)S(C)(=O)=O. The van der Waals surface area contributed by atoms with Gasteiger partial charge < -0.3 is 4.74 Å². The molecule has 0 N–H and O–H groups in total. The Balaban J connectivity index is 5.05. The summed E-state index contributed by atoms with van der Waals surface area (Å²) in [7, 11) is -3.53. The number of rotatable bonds is 5. The van der Waals surface area contributed by atoms with Crippen molar-refractivity contribution in [1.29, 1.82) is 0 Å². The van der Waals surface area contributed by atoms with Gasteiger partial charge in [0.25, 0.3) is 0 Å². The lowest BCUT2D eigenvalue weighted by Crippen LogP contribution is -2.44. The van der Waals surface area contributed by atoms with Crippen LogP contribution in [0.25, 0.3) is 0 Å². The van der Waals surface area contributed by atoms with E-state index < -0.39 is 20.6 Å². The van der Waals surface area contributed by atoms with E-state index in [1.165, 1.54) is 6.92 Å². The molecule has 0 rings (SSSR count). The van der Waals surface area contributed by atoms with Crippen molar-refractivity contribution in [2.75, 3.05) is 12.9 Å². The number of hydrogen-bond acceptors (Lipinski definition) is 4. The van der Waals surface area contributed by atoms with Gasteiger partial charge in [0.1, 0.15) is 0 Å². The van der Waals surface area contributed by atoms with Crippen LogP contribution in [0.3, 0.4) is 0 Å². The van der Waals surface area contributed by atoms with Crippen LogP contribution in [0.4, 0.5) is 0 Å². The maximum absolute atomic E-state index is 11.5. The molecule has 0 spiro atoms. The quantitative estimate of drug-likeness (QED) is 0.519. The van der Waals surface area contributed by atoms with Crippen LogP contribution in [-0.4, -0.2) is 32.0 Å². The zero-order valence-corrected chi connectivity index (χ0v) is 10.1. The Hall–Kier alpha value is -1.02. The average Bonchev–Trinajstić information content (AvgIpc) is 2.12.